The summed E-state index contributed by atoms with van der Waals surface area (Å²) in [5.41, 5.74) is 0.0852. The Hall–Kier alpha value is -0.0800. The van der Waals surface area contributed by atoms with Crippen molar-refractivity contribution in [1.82, 2.24) is 4.90 Å². The Morgan fingerprint density at radius 1 is 1.06 bits per heavy atom. The van der Waals surface area contributed by atoms with Crippen LogP contribution in [0.4, 0.5) is 0 Å². The molecule has 18 heavy (non-hydrogen) atoms. The van der Waals surface area contributed by atoms with E-state index in [4.69, 9.17) is 0 Å². The first-order valence-electron chi connectivity index (χ1n) is 7.84. The van der Waals surface area contributed by atoms with Crippen LogP contribution in [0.2, 0.25) is 0 Å². The van der Waals surface area contributed by atoms with Gasteiger partial charge in [-0.2, -0.15) is 0 Å². The molecule has 2 nitrogen and oxygen atoms in total. The summed E-state index contributed by atoms with van der Waals surface area (Å²) in [6.07, 6.45) is 8.44. The molecule has 2 heteroatoms. The molecule has 0 aromatic heterocycles. The van der Waals surface area contributed by atoms with Crippen LogP contribution in [0.25, 0.3) is 0 Å². The van der Waals surface area contributed by atoms with Crippen molar-refractivity contribution in [1.29, 1.82) is 0 Å². The minimum atomic E-state index is -0.360. The topological polar surface area (TPSA) is 23.5 Å². The SMILES string of the molecule is CC(C)(C)C1CCCN(CC2(O)CCCC2)CC1. The lowest BCUT2D eigenvalue weighted by molar-refractivity contribution is 0.00967. The van der Waals surface area contributed by atoms with Crippen molar-refractivity contribution in [2.45, 2.75) is 71.3 Å². The second-order valence-corrected chi connectivity index (χ2v) is 7.70. The minimum absolute atomic E-state index is 0.360. The highest BCUT2D eigenvalue weighted by Crippen LogP contribution is 2.35. The molecule has 1 heterocycles. The standard InChI is InChI=1S/C16H31NO/c1-15(2,3)14-7-6-11-17(12-8-14)13-16(18)9-4-5-10-16/h14,18H,4-13H2,1-3H3. The first-order valence-corrected chi connectivity index (χ1v) is 7.84. The molecule has 2 fully saturated rings. The highest BCUT2D eigenvalue weighted by atomic mass is 16.3. The smallest absolute Gasteiger partial charge is 0.0774 e. The van der Waals surface area contributed by atoms with Gasteiger partial charge in [0.1, 0.15) is 0 Å². The molecule has 0 aromatic rings. The van der Waals surface area contributed by atoms with Crippen molar-refractivity contribution in [2.24, 2.45) is 11.3 Å². The van der Waals surface area contributed by atoms with Gasteiger partial charge >= 0.3 is 0 Å². The van der Waals surface area contributed by atoms with E-state index >= 15 is 0 Å². The summed E-state index contributed by atoms with van der Waals surface area (Å²) in [6.45, 7) is 10.4. The van der Waals surface area contributed by atoms with Gasteiger partial charge in [0.2, 0.25) is 0 Å². The zero-order valence-corrected chi connectivity index (χ0v) is 12.5. The Balaban J connectivity index is 1.85. The molecule has 0 radical (unpaired) electrons. The predicted molar refractivity (Wildman–Crippen MR) is 76.7 cm³/mol. The van der Waals surface area contributed by atoms with E-state index in [1.807, 2.05) is 0 Å². The van der Waals surface area contributed by atoms with E-state index in [2.05, 4.69) is 25.7 Å². The number of β-amino-alcohol motifs (C(OH)–C–C–N with tert-alkyl or cyclic N) is 1. The maximum absolute atomic E-state index is 10.5. The summed E-state index contributed by atoms with van der Waals surface area (Å²) >= 11 is 0. The third-order valence-corrected chi connectivity index (χ3v) is 5.10. The molecule has 1 atom stereocenters. The highest BCUT2D eigenvalue weighted by Gasteiger charge is 2.34. The molecule has 0 spiro atoms. The van der Waals surface area contributed by atoms with E-state index in [1.165, 1.54) is 45.2 Å². The molecule has 1 N–H and O–H groups in total. The molecule has 1 saturated heterocycles. The highest BCUT2D eigenvalue weighted by molar-refractivity contribution is 4.88. The van der Waals surface area contributed by atoms with Crippen LogP contribution in [-0.4, -0.2) is 35.2 Å². The second kappa shape index (κ2) is 5.50. The molecule has 1 aliphatic carbocycles. The van der Waals surface area contributed by atoms with E-state index in [0.29, 0.717) is 5.41 Å². The summed E-state index contributed by atoms with van der Waals surface area (Å²) in [5.74, 6) is 0.848. The van der Waals surface area contributed by atoms with Gasteiger partial charge in [0.15, 0.2) is 0 Å². The summed E-state index contributed by atoms with van der Waals surface area (Å²) in [5, 5.41) is 10.5. The fraction of sp³-hybridized carbons (Fsp3) is 1.00. The number of nitrogens with zero attached hydrogens (tertiary/aromatic N) is 1. The Morgan fingerprint density at radius 2 is 1.72 bits per heavy atom. The van der Waals surface area contributed by atoms with Crippen molar-refractivity contribution in [3.63, 3.8) is 0 Å². The van der Waals surface area contributed by atoms with E-state index < -0.39 is 0 Å². The molecule has 1 aliphatic heterocycles. The molecule has 0 amide bonds. The van der Waals surface area contributed by atoms with Crippen molar-refractivity contribution in [3.05, 3.63) is 0 Å². The summed E-state index contributed by atoms with van der Waals surface area (Å²) in [4.78, 5) is 2.52. The quantitative estimate of drug-likeness (QED) is 0.815. The third-order valence-electron chi connectivity index (χ3n) is 5.10. The molecular formula is C16H31NO. The lowest BCUT2D eigenvalue weighted by Gasteiger charge is -2.32. The summed E-state index contributed by atoms with van der Waals surface area (Å²) in [6, 6.07) is 0. The fourth-order valence-electron chi connectivity index (χ4n) is 3.79. The molecule has 1 unspecified atom stereocenters. The fourth-order valence-corrected chi connectivity index (χ4v) is 3.79. The van der Waals surface area contributed by atoms with Crippen LogP contribution in [0, 0.1) is 11.3 Å². The first kappa shape index (κ1) is 14.3. The number of likely N-dealkylation sites (tertiary alicyclic amines) is 1. The maximum atomic E-state index is 10.5. The van der Waals surface area contributed by atoms with Gasteiger partial charge in [0.25, 0.3) is 0 Å². The summed E-state index contributed by atoms with van der Waals surface area (Å²) in [7, 11) is 0. The minimum Gasteiger partial charge on any atom is -0.389 e. The first-order chi connectivity index (χ1) is 8.39. The second-order valence-electron chi connectivity index (χ2n) is 7.70. The lowest BCUT2D eigenvalue weighted by Crippen LogP contribution is -2.41. The van der Waals surface area contributed by atoms with Gasteiger partial charge in [0, 0.05) is 6.54 Å². The van der Waals surface area contributed by atoms with Crippen LogP contribution >= 0.6 is 0 Å². The van der Waals surface area contributed by atoms with Gasteiger partial charge in [-0.15, -0.1) is 0 Å². The zero-order valence-electron chi connectivity index (χ0n) is 12.5. The van der Waals surface area contributed by atoms with Crippen LogP contribution in [0.5, 0.6) is 0 Å². The molecule has 2 rings (SSSR count). The van der Waals surface area contributed by atoms with Crippen LogP contribution in [0.1, 0.15) is 65.7 Å². The van der Waals surface area contributed by atoms with Gasteiger partial charge < -0.3 is 10.0 Å². The van der Waals surface area contributed by atoms with Crippen LogP contribution in [0.3, 0.4) is 0 Å². The van der Waals surface area contributed by atoms with E-state index in [-0.39, 0.29) is 5.60 Å². The number of hydrogen-bond donors (Lipinski definition) is 1. The number of hydrogen-bond acceptors (Lipinski definition) is 2. The number of aliphatic hydroxyl groups is 1. The van der Waals surface area contributed by atoms with Gasteiger partial charge in [0.05, 0.1) is 5.60 Å². The van der Waals surface area contributed by atoms with Gasteiger partial charge in [-0.25, -0.2) is 0 Å². The zero-order chi connectivity index (χ0) is 13.2. The normalized spacial score (nSPS) is 30.3. The molecule has 106 valence electrons. The van der Waals surface area contributed by atoms with Crippen LogP contribution in [-0.2, 0) is 0 Å². The van der Waals surface area contributed by atoms with Crippen LogP contribution in [0.15, 0.2) is 0 Å². The van der Waals surface area contributed by atoms with E-state index in [9.17, 15) is 5.11 Å². The van der Waals surface area contributed by atoms with E-state index in [1.54, 1.807) is 0 Å². The average Bonchev–Trinajstić information content (AvgIpc) is 2.54. The monoisotopic (exact) mass is 253 g/mol. The van der Waals surface area contributed by atoms with E-state index in [0.717, 1.165) is 25.3 Å². The van der Waals surface area contributed by atoms with Crippen LogP contribution < -0.4 is 0 Å². The molecule has 1 saturated carbocycles. The number of rotatable bonds is 2. The van der Waals surface area contributed by atoms with Gasteiger partial charge in [-0.1, -0.05) is 33.6 Å². The Labute approximate surface area is 113 Å². The van der Waals surface area contributed by atoms with Gasteiger partial charge in [-0.3, -0.25) is 0 Å². The van der Waals surface area contributed by atoms with Crippen molar-refractivity contribution >= 4 is 0 Å². The van der Waals surface area contributed by atoms with Crippen molar-refractivity contribution < 1.29 is 5.11 Å². The van der Waals surface area contributed by atoms with Crippen molar-refractivity contribution in [2.75, 3.05) is 19.6 Å². The molecule has 2 aliphatic rings. The molecular weight excluding hydrogens is 222 g/mol. The Morgan fingerprint density at radius 3 is 2.33 bits per heavy atom. The predicted octanol–water partition coefficient (Wildman–Crippen LogP) is 3.44. The summed E-state index contributed by atoms with van der Waals surface area (Å²) < 4.78 is 0. The largest absolute Gasteiger partial charge is 0.389 e. The van der Waals surface area contributed by atoms with Gasteiger partial charge in [-0.05, 0) is 56.5 Å². The average molecular weight is 253 g/mol. The maximum Gasteiger partial charge on any atom is 0.0774 e. The third kappa shape index (κ3) is 3.71. The molecule has 0 bridgehead atoms. The van der Waals surface area contributed by atoms with Crippen molar-refractivity contribution in [3.8, 4) is 0 Å². The lowest BCUT2D eigenvalue weighted by atomic mass is 9.77. The Kier molecular flexibility index (Phi) is 4.38. The molecule has 0 aromatic carbocycles. The Bertz CT molecular complexity index is 263.